The zero-order valence-electron chi connectivity index (χ0n) is 11.5. The van der Waals surface area contributed by atoms with Crippen molar-refractivity contribution in [3.63, 3.8) is 0 Å². The summed E-state index contributed by atoms with van der Waals surface area (Å²) in [6, 6.07) is 2.33. The van der Waals surface area contributed by atoms with Gasteiger partial charge in [0.2, 0.25) is 0 Å². The van der Waals surface area contributed by atoms with Crippen molar-refractivity contribution in [1.82, 2.24) is 9.97 Å². The van der Waals surface area contributed by atoms with Crippen molar-refractivity contribution in [2.75, 3.05) is 11.9 Å². The van der Waals surface area contributed by atoms with Gasteiger partial charge in [0.05, 0.1) is 18.0 Å². The summed E-state index contributed by atoms with van der Waals surface area (Å²) >= 11 is 0. The lowest BCUT2D eigenvalue weighted by Crippen LogP contribution is -2.43. The van der Waals surface area contributed by atoms with Gasteiger partial charge in [0.25, 0.3) is 0 Å². The molecule has 0 bridgehead atoms. The van der Waals surface area contributed by atoms with E-state index in [9.17, 15) is 0 Å². The maximum absolute atomic E-state index is 8.69. The monoisotopic (exact) mass is 260 g/mol. The summed E-state index contributed by atoms with van der Waals surface area (Å²) in [6.45, 7) is 5.13. The number of hydrogen-bond acceptors (Lipinski definition) is 5. The van der Waals surface area contributed by atoms with Crippen molar-refractivity contribution in [3.05, 3.63) is 18.1 Å². The highest BCUT2D eigenvalue weighted by molar-refractivity contribution is 5.34. The highest BCUT2D eigenvalue weighted by Gasteiger charge is 2.34. The fourth-order valence-corrected chi connectivity index (χ4v) is 2.56. The van der Waals surface area contributed by atoms with Crippen LogP contribution in [0.25, 0.3) is 0 Å². The molecule has 2 rings (SSSR count). The molecule has 102 valence electrons. The summed E-state index contributed by atoms with van der Waals surface area (Å²) in [4.78, 5) is 8.23. The van der Waals surface area contributed by atoms with Crippen LogP contribution in [0.15, 0.2) is 12.4 Å². The average molecular weight is 260 g/mol. The predicted octanol–water partition coefficient (Wildman–Crippen LogP) is 2.50. The number of rotatable bonds is 4. The third kappa shape index (κ3) is 3.21. The molecule has 1 saturated heterocycles. The molecular formula is C14H20N4O. The molecule has 1 aliphatic heterocycles. The van der Waals surface area contributed by atoms with Crippen LogP contribution in [-0.4, -0.2) is 28.2 Å². The van der Waals surface area contributed by atoms with E-state index in [1.807, 2.05) is 6.07 Å². The molecule has 0 amide bonds. The molecular weight excluding hydrogens is 240 g/mol. The van der Waals surface area contributed by atoms with E-state index in [4.69, 9.17) is 10.00 Å². The summed E-state index contributed by atoms with van der Waals surface area (Å²) in [6.07, 6.45) is 7.13. The summed E-state index contributed by atoms with van der Waals surface area (Å²) < 4.78 is 5.95. The van der Waals surface area contributed by atoms with E-state index in [-0.39, 0.29) is 5.60 Å². The van der Waals surface area contributed by atoms with E-state index in [2.05, 4.69) is 29.1 Å². The number of nitriles is 1. The second kappa shape index (κ2) is 5.98. The highest BCUT2D eigenvalue weighted by atomic mass is 16.5. The van der Waals surface area contributed by atoms with Gasteiger partial charge in [0, 0.05) is 12.6 Å². The van der Waals surface area contributed by atoms with Crippen LogP contribution in [0.5, 0.6) is 0 Å². The van der Waals surface area contributed by atoms with Crippen LogP contribution < -0.4 is 5.32 Å². The molecule has 0 spiro atoms. The molecule has 0 saturated carbocycles. The zero-order chi connectivity index (χ0) is 13.7. The molecule has 1 unspecified atom stereocenters. The van der Waals surface area contributed by atoms with Gasteiger partial charge in [-0.3, -0.25) is 0 Å². The van der Waals surface area contributed by atoms with Crippen molar-refractivity contribution in [3.8, 4) is 6.07 Å². The van der Waals surface area contributed by atoms with Gasteiger partial charge in [-0.05, 0) is 25.7 Å². The van der Waals surface area contributed by atoms with Gasteiger partial charge in [-0.2, -0.15) is 5.26 Å². The fraction of sp³-hybridized carbons (Fsp3) is 0.643. The molecule has 5 heteroatoms. The van der Waals surface area contributed by atoms with E-state index >= 15 is 0 Å². The molecule has 0 aromatic carbocycles. The Hall–Kier alpha value is -1.67. The first-order valence-electron chi connectivity index (χ1n) is 6.84. The van der Waals surface area contributed by atoms with Gasteiger partial charge in [0.15, 0.2) is 5.69 Å². The molecule has 0 aliphatic carbocycles. The Kier molecular flexibility index (Phi) is 4.33. The molecule has 1 aliphatic rings. The Labute approximate surface area is 114 Å². The first-order valence-corrected chi connectivity index (χ1v) is 6.84. The van der Waals surface area contributed by atoms with Crippen LogP contribution in [0.1, 0.15) is 45.2 Å². The topological polar surface area (TPSA) is 70.8 Å². The van der Waals surface area contributed by atoms with Gasteiger partial charge in [-0.1, -0.05) is 13.8 Å². The molecule has 5 nitrogen and oxygen atoms in total. The van der Waals surface area contributed by atoms with Crippen LogP contribution in [0.2, 0.25) is 0 Å². The Bertz CT molecular complexity index is 448. The fourth-order valence-electron chi connectivity index (χ4n) is 2.56. The maximum atomic E-state index is 8.69. The molecule has 1 aromatic rings. The smallest absolute Gasteiger partial charge is 0.158 e. The van der Waals surface area contributed by atoms with Gasteiger partial charge < -0.3 is 10.1 Å². The number of nitrogens with zero attached hydrogens (tertiary/aromatic N) is 3. The molecule has 1 N–H and O–H groups in total. The summed E-state index contributed by atoms with van der Waals surface area (Å²) in [7, 11) is 0. The molecule has 19 heavy (non-hydrogen) atoms. The lowest BCUT2D eigenvalue weighted by molar-refractivity contribution is -0.0864. The predicted molar refractivity (Wildman–Crippen MR) is 72.7 cm³/mol. The third-order valence-electron chi connectivity index (χ3n) is 3.90. The van der Waals surface area contributed by atoms with E-state index in [0.29, 0.717) is 11.7 Å². The Morgan fingerprint density at radius 1 is 1.42 bits per heavy atom. The van der Waals surface area contributed by atoms with Crippen LogP contribution >= 0.6 is 0 Å². The second-order valence-electron chi connectivity index (χ2n) is 4.97. The van der Waals surface area contributed by atoms with Crippen LogP contribution in [0.4, 0.5) is 5.82 Å². The molecule has 1 atom stereocenters. The number of anilines is 1. The first kappa shape index (κ1) is 13.8. The molecule has 1 fully saturated rings. The Morgan fingerprint density at radius 3 is 2.79 bits per heavy atom. The second-order valence-corrected chi connectivity index (χ2v) is 4.97. The third-order valence-corrected chi connectivity index (χ3v) is 3.90. The molecule has 2 heterocycles. The molecule has 1 aromatic heterocycles. The number of hydrogen-bond donors (Lipinski definition) is 1. The standard InChI is InChI=1S/C14H20N4O/c1-3-14(4-2)7-11(5-6-19-14)18-13-10-16-12(8-15)9-17-13/h9-11H,3-7H2,1-2H3,(H,17,18). The van der Waals surface area contributed by atoms with Crippen LogP contribution in [-0.2, 0) is 4.74 Å². The van der Waals surface area contributed by atoms with E-state index in [0.717, 1.165) is 38.1 Å². The largest absolute Gasteiger partial charge is 0.375 e. The SMILES string of the molecule is CCC1(CC)CC(Nc2cnc(C#N)cn2)CCO1. The van der Waals surface area contributed by atoms with Gasteiger partial charge >= 0.3 is 0 Å². The van der Waals surface area contributed by atoms with Gasteiger partial charge in [0.1, 0.15) is 11.9 Å². The van der Waals surface area contributed by atoms with Gasteiger partial charge in [-0.25, -0.2) is 9.97 Å². The summed E-state index contributed by atoms with van der Waals surface area (Å²) in [5.74, 6) is 0.729. The van der Waals surface area contributed by atoms with Crippen molar-refractivity contribution in [1.29, 1.82) is 5.26 Å². The van der Waals surface area contributed by atoms with E-state index < -0.39 is 0 Å². The summed E-state index contributed by atoms with van der Waals surface area (Å²) in [5, 5.41) is 12.1. The minimum absolute atomic E-state index is 0.00403. The number of nitrogens with one attached hydrogen (secondary N) is 1. The normalized spacial score (nSPS) is 21.6. The van der Waals surface area contributed by atoms with Crippen LogP contribution in [0, 0.1) is 11.3 Å². The highest BCUT2D eigenvalue weighted by Crippen LogP contribution is 2.32. The first-order chi connectivity index (χ1) is 9.21. The molecule has 0 radical (unpaired) electrons. The number of ether oxygens (including phenoxy) is 1. The quantitative estimate of drug-likeness (QED) is 0.900. The van der Waals surface area contributed by atoms with E-state index in [1.165, 1.54) is 6.20 Å². The van der Waals surface area contributed by atoms with Gasteiger partial charge in [-0.15, -0.1) is 0 Å². The van der Waals surface area contributed by atoms with Crippen molar-refractivity contribution >= 4 is 5.82 Å². The zero-order valence-corrected chi connectivity index (χ0v) is 11.5. The van der Waals surface area contributed by atoms with Crippen molar-refractivity contribution < 1.29 is 4.74 Å². The maximum Gasteiger partial charge on any atom is 0.158 e. The Balaban J connectivity index is 2.00. The number of aromatic nitrogens is 2. The van der Waals surface area contributed by atoms with Crippen molar-refractivity contribution in [2.24, 2.45) is 0 Å². The summed E-state index contributed by atoms with van der Waals surface area (Å²) in [5.41, 5.74) is 0.338. The minimum atomic E-state index is -0.00403. The lowest BCUT2D eigenvalue weighted by atomic mass is 9.86. The van der Waals surface area contributed by atoms with Crippen LogP contribution in [0.3, 0.4) is 0 Å². The van der Waals surface area contributed by atoms with E-state index in [1.54, 1.807) is 6.20 Å². The lowest BCUT2D eigenvalue weighted by Gasteiger charge is -2.40. The Morgan fingerprint density at radius 2 is 2.21 bits per heavy atom. The van der Waals surface area contributed by atoms with Crippen molar-refractivity contribution in [2.45, 2.75) is 51.2 Å². The minimum Gasteiger partial charge on any atom is -0.375 e. The average Bonchev–Trinajstić information content (AvgIpc) is 2.48.